The van der Waals surface area contributed by atoms with Crippen LogP contribution in [0, 0.1) is 11.7 Å². The summed E-state index contributed by atoms with van der Waals surface area (Å²) >= 11 is 0. The second-order valence-corrected chi connectivity index (χ2v) is 5.08. The molecule has 0 fully saturated rings. The van der Waals surface area contributed by atoms with Crippen molar-refractivity contribution >= 4 is 5.78 Å². The third-order valence-electron chi connectivity index (χ3n) is 3.11. The molecule has 3 heteroatoms. The summed E-state index contributed by atoms with van der Waals surface area (Å²) in [5.74, 6) is -0.0952. The monoisotopic (exact) mass is 251 g/mol. The zero-order valence-corrected chi connectivity index (χ0v) is 11.2. The van der Waals surface area contributed by atoms with Crippen molar-refractivity contribution in [2.24, 2.45) is 11.7 Å². The smallest absolute Gasteiger partial charge is 0.140 e. The first-order valence-corrected chi connectivity index (χ1v) is 6.51. The molecule has 1 aromatic rings. The molecule has 1 aromatic carbocycles. The molecule has 0 saturated heterocycles. The van der Waals surface area contributed by atoms with Gasteiger partial charge >= 0.3 is 0 Å². The Kier molecular flexibility index (Phi) is 5.99. The van der Waals surface area contributed by atoms with Gasteiger partial charge < -0.3 is 5.73 Å². The van der Waals surface area contributed by atoms with Crippen LogP contribution in [0.1, 0.15) is 38.7 Å². The standard InChI is InChI=1S/C15H22FNO/c1-11(5-3-6-12(2)17)15(18)10-13-7-4-8-14(16)9-13/h4,7-9,11-12H,3,5-6,10,17H2,1-2H3. The Morgan fingerprint density at radius 2 is 2.06 bits per heavy atom. The number of benzene rings is 1. The fourth-order valence-electron chi connectivity index (χ4n) is 1.93. The van der Waals surface area contributed by atoms with Crippen LogP contribution in [0.3, 0.4) is 0 Å². The summed E-state index contributed by atoms with van der Waals surface area (Å²) in [7, 11) is 0. The summed E-state index contributed by atoms with van der Waals surface area (Å²) in [6.45, 7) is 3.90. The lowest BCUT2D eigenvalue weighted by Crippen LogP contribution is -2.17. The highest BCUT2D eigenvalue weighted by molar-refractivity contribution is 5.82. The maximum atomic E-state index is 13.0. The van der Waals surface area contributed by atoms with Gasteiger partial charge in [-0.15, -0.1) is 0 Å². The molecule has 2 unspecified atom stereocenters. The van der Waals surface area contributed by atoms with Gasteiger partial charge in [0.05, 0.1) is 0 Å². The van der Waals surface area contributed by atoms with Gasteiger partial charge in [-0.1, -0.05) is 25.5 Å². The number of Topliss-reactive ketones (excluding diaryl/α,β-unsaturated/α-hetero) is 1. The first-order chi connectivity index (χ1) is 8.49. The molecule has 0 aromatic heterocycles. The minimum absolute atomic E-state index is 0.0204. The van der Waals surface area contributed by atoms with Crippen LogP contribution < -0.4 is 5.73 Å². The van der Waals surface area contributed by atoms with Crippen LogP contribution in [0.15, 0.2) is 24.3 Å². The molecule has 2 N–H and O–H groups in total. The molecule has 18 heavy (non-hydrogen) atoms. The van der Waals surface area contributed by atoms with Crippen molar-refractivity contribution in [3.8, 4) is 0 Å². The van der Waals surface area contributed by atoms with E-state index in [-0.39, 0.29) is 23.6 Å². The number of carbonyl (C=O) groups excluding carboxylic acids is 1. The van der Waals surface area contributed by atoms with Crippen LogP contribution >= 0.6 is 0 Å². The highest BCUT2D eigenvalue weighted by Gasteiger charge is 2.13. The molecule has 100 valence electrons. The topological polar surface area (TPSA) is 43.1 Å². The summed E-state index contributed by atoms with van der Waals surface area (Å²) < 4.78 is 13.0. The van der Waals surface area contributed by atoms with Gasteiger partial charge in [0.15, 0.2) is 0 Å². The normalized spacial score (nSPS) is 14.2. The Morgan fingerprint density at radius 1 is 1.33 bits per heavy atom. The number of hydrogen-bond donors (Lipinski definition) is 1. The van der Waals surface area contributed by atoms with Crippen molar-refractivity contribution in [2.75, 3.05) is 0 Å². The summed E-state index contributed by atoms with van der Waals surface area (Å²) in [4.78, 5) is 11.9. The summed E-state index contributed by atoms with van der Waals surface area (Å²) in [5, 5.41) is 0. The zero-order chi connectivity index (χ0) is 13.5. The van der Waals surface area contributed by atoms with Crippen molar-refractivity contribution < 1.29 is 9.18 Å². The molecule has 0 saturated carbocycles. The van der Waals surface area contributed by atoms with E-state index in [4.69, 9.17) is 5.73 Å². The lowest BCUT2D eigenvalue weighted by molar-refractivity contribution is -0.121. The van der Waals surface area contributed by atoms with Gasteiger partial charge in [-0.2, -0.15) is 0 Å². The molecule has 0 bridgehead atoms. The summed E-state index contributed by atoms with van der Waals surface area (Å²) in [6, 6.07) is 6.43. The van der Waals surface area contributed by atoms with Crippen LogP contribution in [0.4, 0.5) is 4.39 Å². The Balaban J connectivity index is 2.40. The van der Waals surface area contributed by atoms with E-state index in [0.29, 0.717) is 6.42 Å². The third kappa shape index (κ3) is 5.41. The number of hydrogen-bond acceptors (Lipinski definition) is 2. The maximum absolute atomic E-state index is 13.0. The average Bonchev–Trinajstić information content (AvgIpc) is 2.28. The predicted octanol–water partition coefficient (Wildman–Crippen LogP) is 3.09. The Bertz CT molecular complexity index is 390. The second kappa shape index (κ2) is 7.27. The van der Waals surface area contributed by atoms with Gasteiger partial charge in [-0.25, -0.2) is 4.39 Å². The molecule has 2 nitrogen and oxygen atoms in total. The van der Waals surface area contributed by atoms with Crippen molar-refractivity contribution in [3.63, 3.8) is 0 Å². The van der Waals surface area contributed by atoms with Gasteiger partial charge in [0, 0.05) is 18.4 Å². The lowest BCUT2D eigenvalue weighted by atomic mass is 9.94. The first kappa shape index (κ1) is 14.8. The van der Waals surface area contributed by atoms with Gasteiger partial charge in [-0.3, -0.25) is 4.79 Å². The number of ketones is 1. The number of halogens is 1. The Morgan fingerprint density at radius 3 is 2.67 bits per heavy atom. The lowest BCUT2D eigenvalue weighted by Gasteiger charge is -2.11. The molecule has 0 aliphatic heterocycles. The van der Waals surface area contributed by atoms with E-state index in [2.05, 4.69) is 0 Å². The molecule has 0 spiro atoms. The maximum Gasteiger partial charge on any atom is 0.140 e. The van der Waals surface area contributed by atoms with E-state index in [0.717, 1.165) is 24.8 Å². The van der Waals surface area contributed by atoms with Gasteiger partial charge in [0.1, 0.15) is 11.6 Å². The molecule has 0 heterocycles. The zero-order valence-electron chi connectivity index (χ0n) is 11.2. The molecule has 2 atom stereocenters. The summed E-state index contributed by atoms with van der Waals surface area (Å²) in [6.07, 6.45) is 3.08. The fourth-order valence-corrected chi connectivity index (χ4v) is 1.93. The van der Waals surface area contributed by atoms with Gasteiger partial charge in [-0.05, 0) is 37.5 Å². The van der Waals surface area contributed by atoms with Crippen LogP contribution in [0.5, 0.6) is 0 Å². The molecule has 0 radical (unpaired) electrons. The Hall–Kier alpha value is -1.22. The molecule has 0 aliphatic rings. The highest BCUT2D eigenvalue weighted by atomic mass is 19.1. The van der Waals surface area contributed by atoms with Crippen LogP contribution in [0.2, 0.25) is 0 Å². The van der Waals surface area contributed by atoms with Crippen LogP contribution in [-0.2, 0) is 11.2 Å². The SMILES string of the molecule is CC(N)CCCC(C)C(=O)Cc1cccc(F)c1. The quantitative estimate of drug-likeness (QED) is 0.809. The van der Waals surface area contributed by atoms with E-state index in [9.17, 15) is 9.18 Å². The molecule has 0 amide bonds. The molecule has 0 aliphatic carbocycles. The number of nitrogens with two attached hydrogens (primary N) is 1. The fraction of sp³-hybridized carbons (Fsp3) is 0.533. The third-order valence-corrected chi connectivity index (χ3v) is 3.11. The van der Waals surface area contributed by atoms with E-state index < -0.39 is 0 Å². The predicted molar refractivity (Wildman–Crippen MR) is 71.8 cm³/mol. The molecular weight excluding hydrogens is 229 g/mol. The number of carbonyl (C=O) groups is 1. The second-order valence-electron chi connectivity index (χ2n) is 5.08. The van der Waals surface area contributed by atoms with Gasteiger partial charge in [0.2, 0.25) is 0 Å². The van der Waals surface area contributed by atoms with E-state index in [1.165, 1.54) is 12.1 Å². The van der Waals surface area contributed by atoms with Crippen molar-refractivity contribution in [1.82, 2.24) is 0 Å². The van der Waals surface area contributed by atoms with Crippen LogP contribution in [0.25, 0.3) is 0 Å². The number of rotatable bonds is 7. The largest absolute Gasteiger partial charge is 0.328 e. The van der Waals surface area contributed by atoms with Crippen LogP contribution in [-0.4, -0.2) is 11.8 Å². The summed E-state index contributed by atoms with van der Waals surface area (Å²) in [5.41, 5.74) is 6.42. The first-order valence-electron chi connectivity index (χ1n) is 6.51. The highest BCUT2D eigenvalue weighted by Crippen LogP contribution is 2.14. The van der Waals surface area contributed by atoms with Gasteiger partial charge in [0.25, 0.3) is 0 Å². The minimum Gasteiger partial charge on any atom is -0.328 e. The average molecular weight is 251 g/mol. The molecule has 1 rings (SSSR count). The van der Waals surface area contributed by atoms with E-state index in [1.807, 2.05) is 13.8 Å². The van der Waals surface area contributed by atoms with Crippen molar-refractivity contribution in [3.05, 3.63) is 35.6 Å². The van der Waals surface area contributed by atoms with E-state index >= 15 is 0 Å². The minimum atomic E-state index is -0.287. The van der Waals surface area contributed by atoms with Crippen molar-refractivity contribution in [2.45, 2.75) is 45.6 Å². The Labute approximate surface area is 108 Å². The molecular formula is C15H22FNO. The van der Waals surface area contributed by atoms with E-state index in [1.54, 1.807) is 12.1 Å². The van der Waals surface area contributed by atoms with Crippen molar-refractivity contribution in [1.29, 1.82) is 0 Å².